The van der Waals surface area contributed by atoms with Gasteiger partial charge in [-0.25, -0.2) is 0 Å². The molecule has 0 aliphatic carbocycles. The summed E-state index contributed by atoms with van der Waals surface area (Å²) in [5.41, 5.74) is 13.9. The second-order valence-electron chi connectivity index (χ2n) is 10.0. The van der Waals surface area contributed by atoms with Crippen LogP contribution in [-0.2, 0) is 0 Å². The number of pyridine rings is 1. The Labute approximate surface area is 245 Å². The predicted molar refractivity (Wildman–Crippen MR) is 182 cm³/mol. The minimum Gasteiger partial charge on any atom is -0.285 e. The first-order valence-corrected chi connectivity index (χ1v) is 13.6. The fourth-order valence-corrected chi connectivity index (χ4v) is 3.71. The van der Waals surface area contributed by atoms with Gasteiger partial charge in [0.05, 0.1) is 6.54 Å². The number of benzene rings is 2. The van der Waals surface area contributed by atoms with Crippen molar-refractivity contribution in [3.63, 3.8) is 0 Å². The fraction of sp³-hybridized carbons (Fsp3) is 0.263. The topological polar surface area (TPSA) is 25.2 Å². The molecule has 0 saturated carbocycles. The van der Waals surface area contributed by atoms with E-state index in [1.54, 1.807) is 12.4 Å². The molecule has 2 heterocycles. The summed E-state index contributed by atoms with van der Waals surface area (Å²) in [6, 6.07) is 22.7. The zero-order valence-electron chi connectivity index (χ0n) is 26.4. The van der Waals surface area contributed by atoms with Crippen molar-refractivity contribution in [3.05, 3.63) is 150 Å². The van der Waals surface area contributed by atoms with E-state index in [0.717, 1.165) is 17.8 Å². The van der Waals surface area contributed by atoms with Gasteiger partial charge in [-0.15, -0.1) is 19.7 Å². The lowest BCUT2D eigenvalue weighted by atomic mass is 9.90. The molecule has 2 nitrogen and oxygen atoms in total. The van der Waals surface area contributed by atoms with Gasteiger partial charge in [0.15, 0.2) is 0 Å². The lowest BCUT2D eigenvalue weighted by molar-refractivity contribution is 1.18. The summed E-state index contributed by atoms with van der Waals surface area (Å²) in [6.45, 7) is 33.3. The van der Waals surface area contributed by atoms with Crippen LogP contribution in [0.4, 0.5) is 0 Å². The van der Waals surface area contributed by atoms with Crippen molar-refractivity contribution in [1.29, 1.82) is 0 Å². The van der Waals surface area contributed by atoms with Crippen LogP contribution < -0.4 is 0 Å². The van der Waals surface area contributed by atoms with E-state index >= 15 is 0 Å². The Bertz CT molecular complexity index is 1260. The SMILES string of the molecule is C=C.C=C(C)/C(C)=C(/C)c1cc(C2=C(C)CN=C2C)ccc1C.C=C(C)C.Cc1ccccc1.c1ccncc1. The highest BCUT2D eigenvalue weighted by Crippen LogP contribution is 2.31. The minimum atomic E-state index is 0.837. The molecular formula is C38H50N2. The molecule has 0 saturated heterocycles. The van der Waals surface area contributed by atoms with E-state index in [2.05, 4.69) is 115 Å². The average Bonchev–Trinajstić information content (AvgIpc) is 3.28. The van der Waals surface area contributed by atoms with Gasteiger partial charge < -0.3 is 0 Å². The van der Waals surface area contributed by atoms with Gasteiger partial charge in [-0.1, -0.05) is 71.8 Å². The van der Waals surface area contributed by atoms with E-state index in [1.165, 1.54) is 50.1 Å². The zero-order valence-corrected chi connectivity index (χ0v) is 26.4. The van der Waals surface area contributed by atoms with Gasteiger partial charge >= 0.3 is 0 Å². The van der Waals surface area contributed by atoms with Crippen LogP contribution in [-0.4, -0.2) is 17.2 Å². The van der Waals surface area contributed by atoms with Crippen LogP contribution >= 0.6 is 0 Å². The molecule has 0 spiro atoms. The maximum atomic E-state index is 4.55. The minimum absolute atomic E-state index is 0.837. The van der Waals surface area contributed by atoms with E-state index in [1.807, 2.05) is 50.2 Å². The number of allylic oxidation sites excluding steroid dienone is 5. The second kappa shape index (κ2) is 19.9. The molecule has 212 valence electrons. The molecule has 1 aliphatic heterocycles. The summed E-state index contributed by atoms with van der Waals surface area (Å²) in [4.78, 5) is 8.34. The van der Waals surface area contributed by atoms with Gasteiger partial charge in [-0.2, -0.15) is 0 Å². The average molecular weight is 535 g/mol. The van der Waals surface area contributed by atoms with Crippen LogP contribution in [0, 0.1) is 13.8 Å². The number of hydrogen-bond acceptors (Lipinski definition) is 2. The first-order valence-electron chi connectivity index (χ1n) is 13.6. The number of nitrogens with zero attached hydrogens (tertiary/aromatic N) is 2. The van der Waals surface area contributed by atoms with Crippen molar-refractivity contribution in [2.75, 3.05) is 6.54 Å². The highest BCUT2D eigenvalue weighted by Gasteiger charge is 2.16. The van der Waals surface area contributed by atoms with Crippen molar-refractivity contribution in [2.24, 2.45) is 4.99 Å². The van der Waals surface area contributed by atoms with Gasteiger partial charge in [0.2, 0.25) is 0 Å². The quantitative estimate of drug-likeness (QED) is 0.242. The predicted octanol–water partition coefficient (Wildman–Crippen LogP) is 11.1. The molecule has 0 unspecified atom stereocenters. The fourth-order valence-electron chi connectivity index (χ4n) is 3.71. The van der Waals surface area contributed by atoms with Crippen LogP contribution in [0.3, 0.4) is 0 Å². The Kier molecular flexibility index (Phi) is 17.9. The van der Waals surface area contributed by atoms with E-state index in [0.29, 0.717) is 0 Å². The number of aromatic nitrogens is 1. The third-order valence-electron chi connectivity index (χ3n) is 5.98. The maximum absolute atomic E-state index is 4.55. The number of aryl methyl sites for hydroxylation is 2. The highest BCUT2D eigenvalue weighted by molar-refractivity contribution is 6.25. The highest BCUT2D eigenvalue weighted by atomic mass is 14.8. The van der Waals surface area contributed by atoms with Gasteiger partial charge in [0.25, 0.3) is 0 Å². The third kappa shape index (κ3) is 13.7. The standard InChI is InChI=1S/C20H25N.C7H8.C5H5N.C4H8.C2H4/c1-12(2)15(5)16(6)19-10-18(9-8-13(19)3)20-14(4)11-21-17(20)7;1-7-5-3-2-4-6-7;1-2-4-6-5-3-1;1-4(2)3;1-2/h8-10H,1,11H2,2-7H3;2-6H,1H3;1-5H;1H2,2-3H3;1-2H2/b16-15-;;;;. The molecule has 1 aliphatic rings. The van der Waals surface area contributed by atoms with Crippen molar-refractivity contribution in [3.8, 4) is 0 Å². The van der Waals surface area contributed by atoms with Gasteiger partial charge in [-0.3, -0.25) is 9.98 Å². The molecule has 2 aromatic carbocycles. The van der Waals surface area contributed by atoms with Gasteiger partial charge in [-0.05, 0) is 114 Å². The Morgan fingerprint density at radius 1 is 0.725 bits per heavy atom. The van der Waals surface area contributed by atoms with E-state index in [-0.39, 0.29) is 0 Å². The number of hydrogen-bond donors (Lipinski definition) is 0. The van der Waals surface area contributed by atoms with Crippen molar-refractivity contribution < 1.29 is 0 Å². The zero-order chi connectivity index (χ0) is 30.7. The van der Waals surface area contributed by atoms with Crippen LogP contribution in [0.2, 0.25) is 0 Å². The molecule has 0 bridgehead atoms. The molecule has 0 amide bonds. The van der Waals surface area contributed by atoms with Gasteiger partial charge in [0, 0.05) is 23.7 Å². The second-order valence-corrected chi connectivity index (χ2v) is 10.0. The van der Waals surface area contributed by atoms with Crippen LogP contribution in [0.25, 0.3) is 11.1 Å². The maximum Gasteiger partial charge on any atom is 0.0610 e. The van der Waals surface area contributed by atoms with Crippen LogP contribution in [0.15, 0.2) is 133 Å². The smallest absolute Gasteiger partial charge is 0.0610 e. The molecular weight excluding hydrogens is 484 g/mol. The van der Waals surface area contributed by atoms with Crippen molar-refractivity contribution >= 4 is 16.9 Å². The third-order valence-corrected chi connectivity index (χ3v) is 5.98. The lowest BCUT2D eigenvalue weighted by Gasteiger charge is -2.14. The van der Waals surface area contributed by atoms with E-state index in [9.17, 15) is 0 Å². The van der Waals surface area contributed by atoms with E-state index < -0.39 is 0 Å². The first-order chi connectivity index (χ1) is 19.0. The number of rotatable bonds is 3. The van der Waals surface area contributed by atoms with Crippen molar-refractivity contribution in [2.45, 2.75) is 62.3 Å². The molecule has 0 N–H and O–H groups in total. The van der Waals surface area contributed by atoms with Crippen LogP contribution in [0.1, 0.15) is 70.7 Å². The molecule has 3 aromatic rings. The summed E-state index contributed by atoms with van der Waals surface area (Å²) in [5.74, 6) is 0. The monoisotopic (exact) mass is 534 g/mol. The summed E-state index contributed by atoms with van der Waals surface area (Å²) in [7, 11) is 0. The molecule has 2 heteroatoms. The molecule has 0 atom stereocenters. The Morgan fingerprint density at radius 2 is 1.25 bits per heavy atom. The summed E-state index contributed by atoms with van der Waals surface area (Å²) >= 11 is 0. The molecule has 40 heavy (non-hydrogen) atoms. The lowest BCUT2D eigenvalue weighted by Crippen LogP contribution is -1.98. The van der Waals surface area contributed by atoms with Gasteiger partial charge in [0.1, 0.15) is 0 Å². The first kappa shape index (κ1) is 36.0. The Hall–Kier alpha value is -4.04. The Balaban J connectivity index is 0.000000646. The normalized spacial score (nSPS) is 11.9. The molecule has 4 rings (SSSR count). The summed E-state index contributed by atoms with van der Waals surface area (Å²) in [6.07, 6.45) is 3.50. The molecule has 0 radical (unpaired) electrons. The number of aliphatic imine (C=N–C) groups is 1. The summed E-state index contributed by atoms with van der Waals surface area (Å²) in [5, 5.41) is 0. The largest absolute Gasteiger partial charge is 0.285 e. The van der Waals surface area contributed by atoms with Crippen LogP contribution in [0.5, 0.6) is 0 Å². The Morgan fingerprint density at radius 3 is 1.60 bits per heavy atom. The molecule has 1 aromatic heterocycles. The molecule has 0 fully saturated rings. The van der Waals surface area contributed by atoms with E-state index in [4.69, 9.17) is 0 Å². The summed E-state index contributed by atoms with van der Waals surface area (Å²) < 4.78 is 0. The van der Waals surface area contributed by atoms with Crippen molar-refractivity contribution in [1.82, 2.24) is 4.98 Å².